The normalized spacial score (nSPS) is 13.5. The van der Waals surface area contributed by atoms with Crippen LogP contribution >= 0.6 is 0 Å². The van der Waals surface area contributed by atoms with Crippen molar-refractivity contribution >= 4 is 50.4 Å². The fourth-order valence-corrected chi connectivity index (χ4v) is 4.00. The molecule has 0 amide bonds. The van der Waals surface area contributed by atoms with E-state index in [1.807, 2.05) is 18.2 Å². The third kappa shape index (κ3) is 2.28. The molecule has 0 aliphatic heterocycles. The van der Waals surface area contributed by atoms with E-state index in [1.54, 1.807) is 0 Å². The van der Waals surface area contributed by atoms with Gasteiger partial charge in [0.1, 0.15) is 22.5 Å². The van der Waals surface area contributed by atoms with Gasteiger partial charge in [-0.2, -0.15) is 0 Å². The molecule has 5 aromatic rings. The summed E-state index contributed by atoms with van der Waals surface area (Å²) in [5.41, 5.74) is 5.97. The fraction of sp³-hybridized carbons (Fsp3) is 0.0833. The van der Waals surface area contributed by atoms with E-state index in [2.05, 4.69) is 59.9 Å². The molecular formula is C24H17NO2. The number of hydrogen-bond donors (Lipinski definition) is 1. The van der Waals surface area contributed by atoms with Crippen LogP contribution in [0.25, 0.3) is 39.0 Å². The molecule has 2 heterocycles. The molecule has 6 rings (SSSR count). The van der Waals surface area contributed by atoms with Crippen LogP contribution < -0.4 is 5.32 Å². The van der Waals surface area contributed by atoms with Crippen LogP contribution in [0.3, 0.4) is 0 Å². The summed E-state index contributed by atoms with van der Waals surface area (Å²) < 4.78 is 12.1. The van der Waals surface area contributed by atoms with Crippen LogP contribution in [-0.4, -0.2) is 0 Å². The predicted molar refractivity (Wildman–Crippen MR) is 111 cm³/mol. The Labute approximate surface area is 155 Å². The van der Waals surface area contributed by atoms with E-state index in [-0.39, 0.29) is 0 Å². The summed E-state index contributed by atoms with van der Waals surface area (Å²) in [7, 11) is 0. The molecule has 130 valence electrons. The Kier molecular flexibility index (Phi) is 3.00. The van der Waals surface area contributed by atoms with Crippen molar-refractivity contribution in [1.29, 1.82) is 0 Å². The monoisotopic (exact) mass is 351 g/mol. The second kappa shape index (κ2) is 5.52. The molecule has 3 aromatic carbocycles. The molecule has 0 spiro atoms. The largest absolute Gasteiger partial charge is 0.460 e. The summed E-state index contributed by atoms with van der Waals surface area (Å²) in [6.45, 7) is 0. The lowest BCUT2D eigenvalue weighted by atomic mass is 10.0. The Morgan fingerprint density at radius 1 is 0.704 bits per heavy atom. The van der Waals surface area contributed by atoms with Crippen LogP contribution in [0.1, 0.15) is 17.7 Å². The van der Waals surface area contributed by atoms with E-state index < -0.39 is 0 Å². The van der Waals surface area contributed by atoms with Crippen LogP contribution in [0.15, 0.2) is 75.6 Å². The number of anilines is 2. The summed E-state index contributed by atoms with van der Waals surface area (Å²) >= 11 is 0. The number of para-hydroxylation sites is 1. The minimum atomic E-state index is 0.890. The quantitative estimate of drug-likeness (QED) is 0.371. The van der Waals surface area contributed by atoms with Crippen molar-refractivity contribution in [2.45, 2.75) is 12.8 Å². The Bertz CT molecular complexity index is 1350. The van der Waals surface area contributed by atoms with Crippen LogP contribution in [0, 0.1) is 0 Å². The van der Waals surface area contributed by atoms with Gasteiger partial charge in [0.05, 0.1) is 0 Å². The van der Waals surface area contributed by atoms with Crippen molar-refractivity contribution in [3.8, 4) is 0 Å². The van der Waals surface area contributed by atoms with E-state index >= 15 is 0 Å². The van der Waals surface area contributed by atoms with Crippen molar-refractivity contribution in [1.82, 2.24) is 0 Å². The topological polar surface area (TPSA) is 38.3 Å². The molecule has 0 atom stereocenters. The third-order valence-corrected chi connectivity index (χ3v) is 5.30. The third-order valence-electron chi connectivity index (χ3n) is 5.30. The smallest absolute Gasteiger partial charge is 0.137 e. The van der Waals surface area contributed by atoms with Crippen molar-refractivity contribution < 1.29 is 8.83 Å². The first-order valence-electron chi connectivity index (χ1n) is 9.25. The van der Waals surface area contributed by atoms with E-state index in [9.17, 15) is 0 Å². The van der Waals surface area contributed by atoms with Crippen molar-refractivity contribution in [2.75, 3.05) is 5.32 Å². The molecule has 0 saturated carbocycles. The number of furan rings is 2. The Morgan fingerprint density at radius 2 is 1.44 bits per heavy atom. The van der Waals surface area contributed by atoms with Gasteiger partial charge in [-0.25, -0.2) is 0 Å². The number of aryl methyl sites for hydroxylation is 1. The number of benzene rings is 3. The van der Waals surface area contributed by atoms with Crippen molar-refractivity contribution in [3.63, 3.8) is 0 Å². The van der Waals surface area contributed by atoms with Gasteiger partial charge in [-0.1, -0.05) is 30.4 Å². The highest BCUT2D eigenvalue weighted by atomic mass is 16.3. The van der Waals surface area contributed by atoms with Crippen LogP contribution in [-0.2, 0) is 6.42 Å². The first-order chi connectivity index (χ1) is 13.3. The number of fused-ring (bicyclic) bond motifs is 6. The molecule has 1 aliphatic carbocycles. The van der Waals surface area contributed by atoms with Gasteiger partial charge >= 0.3 is 0 Å². The van der Waals surface area contributed by atoms with Gasteiger partial charge < -0.3 is 14.2 Å². The number of allylic oxidation sites excluding steroid dienone is 1. The molecule has 27 heavy (non-hydrogen) atoms. The highest BCUT2D eigenvalue weighted by Crippen LogP contribution is 2.34. The second-order valence-electron chi connectivity index (χ2n) is 7.03. The lowest BCUT2D eigenvalue weighted by Crippen LogP contribution is -1.89. The maximum absolute atomic E-state index is 6.07. The lowest BCUT2D eigenvalue weighted by molar-refractivity contribution is 0.546. The van der Waals surface area contributed by atoms with Crippen LogP contribution in [0.4, 0.5) is 11.4 Å². The van der Waals surface area contributed by atoms with Gasteiger partial charge in [0, 0.05) is 51.7 Å². The predicted octanol–water partition coefficient (Wildman–Crippen LogP) is 7.04. The molecule has 2 aromatic heterocycles. The van der Waals surface area contributed by atoms with Gasteiger partial charge in [0.15, 0.2) is 0 Å². The average Bonchev–Trinajstić information content (AvgIpc) is 3.25. The molecule has 3 heteroatoms. The van der Waals surface area contributed by atoms with Crippen LogP contribution in [0.2, 0.25) is 0 Å². The minimum absolute atomic E-state index is 0.890. The molecular weight excluding hydrogens is 334 g/mol. The van der Waals surface area contributed by atoms with Gasteiger partial charge in [-0.15, -0.1) is 0 Å². The summed E-state index contributed by atoms with van der Waals surface area (Å²) in [6.07, 6.45) is 6.42. The Balaban J connectivity index is 1.39. The fourth-order valence-electron chi connectivity index (χ4n) is 4.00. The first kappa shape index (κ1) is 14.7. The van der Waals surface area contributed by atoms with E-state index in [0.717, 1.165) is 57.5 Å². The number of nitrogens with one attached hydrogen (secondary N) is 1. The molecule has 0 fully saturated rings. The zero-order chi connectivity index (χ0) is 17.8. The maximum Gasteiger partial charge on any atom is 0.137 e. The zero-order valence-electron chi connectivity index (χ0n) is 14.7. The average molecular weight is 351 g/mol. The molecule has 1 N–H and O–H groups in total. The lowest BCUT2D eigenvalue weighted by Gasteiger charge is -2.06. The highest BCUT2D eigenvalue weighted by Gasteiger charge is 2.14. The van der Waals surface area contributed by atoms with Gasteiger partial charge in [-0.05, 0) is 36.8 Å². The minimum Gasteiger partial charge on any atom is -0.460 e. The van der Waals surface area contributed by atoms with Crippen molar-refractivity contribution in [3.05, 3.63) is 78.1 Å². The SMILES string of the molecule is C1=Cc2c(oc3cc(Nc4ccc5c(c4)oc4ccccc45)ccc23)CC1. The second-order valence-corrected chi connectivity index (χ2v) is 7.03. The molecule has 3 nitrogen and oxygen atoms in total. The van der Waals surface area contributed by atoms with Crippen LogP contribution in [0.5, 0.6) is 0 Å². The molecule has 0 bridgehead atoms. The summed E-state index contributed by atoms with van der Waals surface area (Å²) in [4.78, 5) is 0. The molecule has 0 radical (unpaired) electrons. The molecule has 0 unspecified atom stereocenters. The Morgan fingerprint density at radius 3 is 2.33 bits per heavy atom. The van der Waals surface area contributed by atoms with E-state index in [4.69, 9.17) is 8.83 Å². The molecule has 1 aliphatic rings. The number of hydrogen-bond acceptors (Lipinski definition) is 3. The summed E-state index contributed by atoms with van der Waals surface area (Å²) in [5.74, 6) is 1.09. The summed E-state index contributed by atoms with van der Waals surface area (Å²) in [6, 6.07) is 20.7. The van der Waals surface area contributed by atoms with Gasteiger partial charge in [-0.3, -0.25) is 0 Å². The van der Waals surface area contributed by atoms with Gasteiger partial charge in [0.25, 0.3) is 0 Å². The Hall–Kier alpha value is -3.46. The highest BCUT2D eigenvalue weighted by molar-refractivity contribution is 6.05. The van der Waals surface area contributed by atoms with E-state index in [1.165, 1.54) is 10.9 Å². The van der Waals surface area contributed by atoms with Gasteiger partial charge in [0.2, 0.25) is 0 Å². The summed E-state index contributed by atoms with van der Waals surface area (Å²) in [5, 5.41) is 6.94. The number of rotatable bonds is 2. The molecule has 0 saturated heterocycles. The van der Waals surface area contributed by atoms with E-state index in [0.29, 0.717) is 0 Å². The van der Waals surface area contributed by atoms with Crippen molar-refractivity contribution in [2.24, 2.45) is 0 Å². The first-order valence-corrected chi connectivity index (χ1v) is 9.25. The zero-order valence-corrected chi connectivity index (χ0v) is 14.7. The standard InChI is InChI=1S/C24H17NO2/c1-3-7-21-17(5-1)19-11-9-15(13-23(19)26-21)25-16-10-12-20-18-6-2-4-8-22(18)27-24(20)14-16/h1-3,5-7,9-14,25H,4,8H2. The maximum atomic E-state index is 6.07.